The summed E-state index contributed by atoms with van der Waals surface area (Å²) < 4.78 is 29.2. The van der Waals surface area contributed by atoms with E-state index in [2.05, 4.69) is 25.6 Å². The summed E-state index contributed by atoms with van der Waals surface area (Å²) in [4.78, 5) is 16.6. The molecule has 2 aromatic carbocycles. The second-order valence-corrected chi connectivity index (χ2v) is 6.71. The first-order valence-corrected chi connectivity index (χ1v) is 8.60. The van der Waals surface area contributed by atoms with Crippen LogP contribution in [0.2, 0.25) is 0 Å². The van der Waals surface area contributed by atoms with Gasteiger partial charge in [-0.15, -0.1) is 0 Å². The highest BCUT2D eigenvalue weighted by atomic mass is 19.1. The molecular weight excluding hydrogens is 369 g/mol. The zero-order valence-corrected chi connectivity index (χ0v) is 14.6. The highest BCUT2D eigenvalue weighted by molar-refractivity contribution is 5.97. The van der Waals surface area contributed by atoms with E-state index in [1.54, 1.807) is 23.9 Å². The Morgan fingerprint density at radius 2 is 1.89 bits per heavy atom. The molecule has 2 atom stereocenters. The second-order valence-electron chi connectivity index (χ2n) is 6.71. The number of nitrogens with zero attached hydrogens (tertiary/aromatic N) is 4. The number of hydrogen-bond donors (Lipinski definition) is 2. The molecule has 0 aliphatic carbocycles. The molecule has 7 nitrogen and oxygen atoms in total. The maximum absolute atomic E-state index is 14.1. The third-order valence-electron chi connectivity index (χ3n) is 5.07. The van der Waals surface area contributed by atoms with Gasteiger partial charge < -0.3 is 5.32 Å². The van der Waals surface area contributed by atoms with Crippen LogP contribution in [0, 0.1) is 11.6 Å². The van der Waals surface area contributed by atoms with E-state index in [1.165, 1.54) is 30.6 Å². The van der Waals surface area contributed by atoms with Crippen LogP contribution in [-0.4, -0.2) is 25.0 Å². The molecule has 0 spiro atoms. The first kappa shape index (κ1) is 16.5. The number of H-pyrrole nitrogens is 1. The van der Waals surface area contributed by atoms with Crippen LogP contribution >= 0.6 is 0 Å². The summed E-state index contributed by atoms with van der Waals surface area (Å²) in [5.74, 6) is -0.716. The lowest BCUT2D eigenvalue weighted by molar-refractivity contribution is 0.562. The number of nitrogens with one attached hydrogen (secondary N) is 2. The molecular formula is C19H14F2N6O. The lowest BCUT2D eigenvalue weighted by Crippen LogP contribution is -2.30. The van der Waals surface area contributed by atoms with Gasteiger partial charge in [0.25, 0.3) is 5.56 Å². The Balaban J connectivity index is 1.82. The van der Waals surface area contributed by atoms with Crippen molar-refractivity contribution in [1.29, 1.82) is 0 Å². The molecule has 2 N–H and O–H groups in total. The summed E-state index contributed by atoms with van der Waals surface area (Å²) in [6.07, 6.45) is 1.43. The van der Waals surface area contributed by atoms with Crippen molar-refractivity contribution in [2.75, 3.05) is 5.32 Å². The summed E-state index contributed by atoms with van der Waals surface area (Å²) in [6, 6.07) is 8.14. The van der Waals surface area contributed by atoms with Gasteiger partial charge in [0.15, 0.2) is 0 Å². The topological polar surface area (TPSA) is 88.5 Å². The van der Waals surface area contributed by atoms with Crippen molar-refractivity contribution in [2.24, 2.45) is 7.05 Å². The molecule has 5 rings (SSSR count). The lowest BCUT2D eigenvalue weighted by atomic mass is 9.96. The Labute approximate surface area is 157 Å². The Kier molecular flexibility index (Phi) is 3.51. The maximum atomic E-state index is 14.1. The third kappa shape index (κ3) is 2.39. The zero-order chi connectivity index (χ0) is 19.4. The summed E-state index contributed by atoms with van der Waals surface area (Å²) >= 11 is 0. The van der Waals surface area contributed by atoms with E-state index in [-0.39, 0.29) is 11.2 Å². The molecule has 2 unspecified atom stereocenters. The van der Waals surface area contributed by atoms with Crippen molar-refractivity contribution in [2.45, 2.75) is 12.0 Å². The van der Waals surface area contributed by atoms with E-state index in [0.29, 0.717) is 22.6 Å². The number of hydrogen-bond acceptors (Lipinski definition) is 5. The van der Waals surface area contributed by atoms with Gasteiger partial charge in [-0.25, -0.2) is 18.9 Å². The molecule has 3 heterocycles. The molecule has 140 valence electrons. The minimum absolute atomic E-state index is 0.206. The molecule has 0 amide bonds. The summed E-state index contributed by atoms with van der Waals surface area (Å²) in [7, 11) is 1.76. The van der Waals surface area contributed by atoms with E-state index in [4.69, 9.17) is 0 Å². The molecule has 0 bridgehead atoms. The van der Waals surface area contributed by atoms with E-state index < -0.39 is 23.3 Å². The molecule has 0 saturated carbocycles. The highest BCUT2D eigenvalue weighted by Crippen LogP contribution is 2.45. The van der Waals surface area contributed by atoms with Crippen LogP contribution in [0.3, 0.4) is 0 Å². The SMILES string of the molecule is Cn1ncnc1C1c2[15n][15nH]c(=O)c3cc(F)cc(c23)N[13CH]1c1ccc(F)cc1. The molecule has 1 aliphatic rings. The molecule has 9 heteroatoms. The Hall–Kier alpha value is -3.62. The fourth-order valence-corrected chi connectivity index (χ4v) is 3.84. The van der Waals surface area contributed by atoms with Gasteiger partial charge >= 0.3 is 0 Å². The van der Waals surface area contributed by atoms with Gasteiger partial charge in [-0.05, 0) is 29.8 Å². The van der Waals surface area contributed by atoms with Gasteiger partial charge in [-0.1, -0.05) is 12.1 Å². The molecule has 1 aliphatic heterocycles. The van der Waals surface area contributed by atoms with E-state index in [9.17, 15) is 13.6 Å². The van der Waals surface area contributed by atoms with Crippen molar-refractivity contribution in [3.05, 3.63) is 81.8 Å². The maximum Gasteiger partial charge on any atom is 0.272 e. The first-order valence-electron chi connectivity index (χ1n) is 8.60. The van der Waals surface area contributed by atoms with E-state index >= 15 is 0 Å². The van der Waals surface area contributed by atoms with Crippen molar-refractivity contribution in [1.82, 2.24) is 25.0 Å². The zero-order valence-electron chi connectivity index (χ0n) is 14.6. The summed E-state index contributed by atoms with van der Waals surface area (Å²) in [5, 5.41) is 14.9. The molecule has 0 fully saturated rings. The van der Waals surface area contributed by atoms with Gasteiger partial charge in [-0.3, -0.25) is 9.48 Å². The van der Waals surface area contributed by atoms with Gasteiger partial charge in [-0.2, -0.15) is 10.2 Å². The number of benzene rings is 2. The summed E-state index contributed by atoms with van der Waals surface area (Å²) in [6.45, 7) is 0. The molecule has 28 heavy (non-hydrogen) atoms. The van der Waals surface area contributed by atoms with Gasteiger partial charge in [0, 0.05) is 18.1 Å². The molecule has 0 radical (unpaired) electrons. The minimum Gasteiger partial charge on any atom is -0.376 e. The monoisotopic (exact) mass is 383 g/mol. The van der Waals surface area contributed by atoms with E-state index in [1.807, 2.05) is 0 Å². The largest absolute Gasteiger partial charge is 0.376 e. The molecule has 2 aromatic heterocycles. The Morgan fingerprint density at radius 1 is 1.11 bits per heavy atom. The van der Waals surface area contributed by atoms with Crippen LogP contribution in [0.5, 0.6) is 0 Å². The predicted molar refractivity (Wildman–Crippen MR) is 97.9 cm³/mol. The van der Waals surface area contributed by atoms with Crippen LogP contribution in [0.1, 0.15) is 29.0 Å². The van der Waals surface area contributed by atoms with Gasteiger partial charge in [0.05, 0.1) is 23.0 Å². The van der Waals surface area contributed by atoms with Crippen molar-refractivity contribution in [3.63, 3.8) is 0 Å². The average Bonchev–Trinajstić information content (AvgIpc) is 3.10. The second kappa shape index (κ2) is 5.95. The fourth-order valence-electron chi connectivity index (χ4n) is 3.84. The number of aromatic nitrogens is 5. The van der Waals surface area contributed by atoms with Crippen molar-refractivity contribution in [3.8, 4) is 0 Å². The number of aryl methyl sites for hydroxylation is 1. The van der Waals surface area contributed by atoms with Crippen LogP contribution in [0.25, 0.3) is 10.8 Å². The number of rotatable bonds is 2. The van der Waals surface area contributed by atoms with Crippen LogP contribution in [0.15, 0.2) is 47.5 Å². The predicted octanol–water partition coefficient (Wildman–Crippen LogP) is 2.63. The lowest BCUT2D eigenvalue weighted by Gasteiger charge is -2.33. The third-order valence-corrected chi connectivity index (χ3v) is 5.07. The quantitative estimate of drug-likeness (QED) is 0.520. The average molecular weight is 383 g/mol. The minimum atomic E-state index is -0.535. The van der Waals surface area contributed by atoms with E-state index in [0.717, 1.165) is 5.56 Å². The van der Waals surface area contributed by atoms with Crippen LogP contribution < -0.4 is 10.9 Å². The first-order chi connectivity index (χ1) is 13.5. The van der Waals surface area contributed by atoms with Gasteiger partial charge in [0.2, 0.25) is 0 Å². The molecule has 0 saturated heterocycles. The number of anilines is 1. The summed E-state index contributed by atoms with van der Waals surface area (Å²) in [5.41, 5.74) is 1.30. The van der Waals surface area contributed by atoms with Crippen molar-refractivity contribution >= 4 is 16.5 Å². The number of halogens is 2. The number of aromatic amines is 1. The Bertz CT molecular complexity index is 1260. The Morgan fingerprint density at radius 3 is 2.61 bits per heavy atom. The fraction of sp³-hybridized carbons (Fsp3) is 0.158. The standard InChI is InChI=1S/C19H14F2N6O/c1-27-18(22-8-23-27)15-16(9-2-4-10(20)5-3-9)24-13-7-11(21)6-12-14(13)17(15)25-26-19(12)28/h2-8,15-16,24H,1H3,(H,26,28)/i16+1,25+1,26+1. The van der Waals surface area contributed by atoms with Crippen LogP contribution in [-0.2, 0) is 7.05 Å². The van der Waals surface area contributed by atoms with Gasteiger partial charge in [0.1, 0.15) is 23.8 Å². The normalized spacial score (nSPS) is 18.2. The molecule has 4 aromatic rings. The van der Waals surface area contributed by atoms with Crippen molar-refractivity contribution < 1.29 is 8.78 Å². The highest BCUT2D eigenvalue weighted by Gasteiger charge is 2.37. The van der Waals surface area contributed by atoms with Crippen LogP contribution in [0.4, 0.5) is 14.5 Å². The smallest absolute Gasteiger partial charge is 0.272 e.